The van der Waals surface area contributed by atoms with Crippen molar-refractivity contribution in [1.29, 1.82) is 0 Å². The van der Waals surface area contributed by atoms with Gasteiger partial charge in [0.25, 0.3) is 0 Å². The highest BCUT2D eigenvalue weighted by Crippen LogP contribution is 2.28. The van der Waals surface area contributed by atoms with E-state index in [0.717, 1.165) is 34.9 Å². The van der Waals surface area contributed by atoms with Gasteiger partial charge in [0, 0.05) is 23.9 Å². The third-order valence-corrected chi connectivity index (χ3v) is 6.39. The van der Waals surface area contributed by atoms with Gasteiger partial charge >= 0.3 is 0 Å². The first-order valence-corrected chi connectivity index (χ1v) is 9.42. The van der Waals surface area contributed by atoms with E-state index in [-0.39, 0.29) is 0 Å². The number of benzene rings is 1. The predicted molar refractivity (Wildman–Crippen MR) is 87.8 cm³/mol. The summed E-state index contributed by atoms with van der Waals surface area (Å²) in [6, 6.07) is 3.52. The number of hydrogen-bond acceptors (Lipinski definition) is 2. The van der Waals surface area contributed by atoms with Crippen LogP contribution in [0.5, 0.6) is 0 Å². The van der Waals surface area contributed by atoms with Gasteiger partial charge in [0.05, 0.1) is 4.90 Å². The van der Waals surface area contributed by atoms with Crippen molar-refractivity contribution < 1.29 is 8.42 Å². The monoisotopic (exact) mass is 381 g/mol. The first kappa shape index (κ1) is 18.0. The van der Waals surface area contributed by atoms with Crippen molar-refractivity contribution >= 4 is 37.6 Å². The van der Waals surface area contributed by atoms with E-state index >= 15 is 0 Å². The topological polar surface area (TPSA) is 37.4 Å². The third-order valence-electron chi connectivity index (χ3n) is 3.28. The summed E-state index contributed by atoms with van der Waals surface area (Å²) in [5.74, 6) is 0.293. The second-order valence-corrected chi connectivity index (χ2v) is 8.00. The van der Waals surface area contributed by atoms with Gasteiger partial charge in [-0.1, -0.05) is 35.7 Å². The molecule has 1 aromatic carbocycles. The van der Waals surface area contributed by atoms with Gasteiger partial charge in [-0.3, -0.25) is 0 Å². The van der Waals surface area contributed by atoms with Crippen molar-refractivity contribution in [3.05, 3.63) is 27.7 Å². The molecule has 0 fully saturated rings. The van der Waals surface area contributed by atoms with E-state index in [9.17, 15) is 8.42 Å². The molecule has 0 saturated carbocycles. The van der Waals surface area contributed by atoms with Crippen LogP contribution in [0.25, 0.3) is 0 Å². The normalized spacial score (nSPS) is 12.1. The van der Waals surface area contributed by atoms with Gasteiger partial charge < -0.3 is 0 Å². The van der Waals surface area contributed by atoms with E-state index in [0.29, 0.717) is 17.3 Å². The highest BCUT2D eigenvalue weighted by Gasteiger charge is 2.24. The molecule has 1 rings (SSSR count). The lowest BCUT2D eigenvalue weighted by atomic mass is 10.2. The van der Waals surface area contributed by atoms with Crippen molar-refractivity contribution in [3.8, 4) is 0 Å². The minimum absolute atomic E-state index is 0.293. The molecule has 1 aromatic rings. The Hall–Kier alpha value is -0.100. The first-order chi connectivity index (χ1) is 9.34. The number of hydrogen-bond donors (Lipinski definition) is 0. The van der Waals surface area contributed by atoms with Crippen LogP contribution in [0.1, 0.15) is 37.3 Å². The number of nitrogens with zero attached hydrogens (tertiary/aromatic N) is 1. The van der Waals surface area contributed by atoms with E-state index in [2.05, 4.69) is 22.9 Å². The van der Waals surface area contributed by atoms with Gasteiger partial charge in [0.1, 0.15) is 0 Å². The molecule has 0 aromatic heterocycles. The summed E-state index contributed by atoms with van der Waals surface area (Å²) in [5.41, 5.74) is 1.52. The number of alkyl halides is 1. The molecule has 6 heteroatoms. The molecule has 0 aliphatic heterocycles. The van der Waals surface area contributed by atoms with Crippen LogP contribution >= 0.6 is 27.5 Å². The molecular formula is C14H21BrClNO2S. The number of rotatable bonds is 7. The van der Waals surface area contributed by atoms with E-state index < -0.39 is 10.0 Å². The second kappa shape index (κ2) is 7.78. The highest BCUT2D eigenvalue weighted by atomic mass is 79.9. The van der Waals surface area contributed by atoms with Crippen LogP contribution in [0, 0.1) is 6.92 Å². The van der Waals surface area contributed by atoms with Crippen LogP contribution in [0.15, 0.2) is 21.5 Å². The molecule has 0 spiro atoms. The summed E-state index contributed by atoms with van der Waals surface area (Å²) in [5, 5.41) is 0. The molecule has 0 unspecified atom stereocenters. The summed E-state index contributed by atoms with van der Waals surface area (Å²) >= 11 is 9.23. The van der Waals surface area contributed by atoms with Crippen LogP contribution in [0.3, 0.4) is 0 Å². The minimum Gasteiger partial charge on any atom is -0.207 e. The standard InChI is InChI=1S/C14H21BrClNO2S/c1-4-5-6-7-17(3)20(18,19)14-9-12(10-16)8-13(15)11(14)2/h8-9H,4-7,10H2,1-3H3. The van der Waals surface area contributed by atoms with E-state index in [1.54, 1.807) is 20.0 Å². The zero-order valence-corrected chi connectivity index (χ0v) is 15.3. The largest absolute Gasteiger partial charge is 0.243 e. The maximum Gasteiger partial charge on any atom is 0.243 e. The SMILES string of the molecule is CCCCCN(C)S(=O)(=O)c1cc(CCl)cc(Br)c1C. The Labute approximate surface area is 135 Å². The Balaban J connectivity index is 3.11. The number of unbranched alkanes of at least 4 members (excludes halogenated alkanes) is 2. The van der Waals surface area contributed by atoms with Gasteiger partial charge in [-0.15, -0.1) is 11.6 Å². The predicted octanol–water partition coefficient (Wildman–Crippen LogP) is 4.31. The number of halogens is 2. The Morgan fingerprint density at radius 2 is 1.95 bits per heavy atom. The highest BCUT2D eigenvalue weighted by molar-refractivity contribution is 9.10. The van der Waals surface area contributed by atoms with Crippen LogP contribution in [-0.4, -0.2) is 26.3 Å². The summed E-state index contributed by atoms with van der Waals surface area (Å²) in [4.78, 5) is 0.335. The molecule has 0 aliphatic rings. The first-order valence-electron chi connectivity index (χ1n) is 6.66. The fourth-order valence-corrected chi connectivity index (χ4v) is 4.22. The van der Waals surface area contributed by atoms with Gasteiger partial charge in [-0.25, -0.2) is 12.7 Å². The molecule has 0 saturated heterocycles. The van der Waals surface area contributed by atoms with Crippen molar-refractivity contribution in [3.63, 3.8) is 0 Å². The molecule has 0 radical (unpaired) electrons. The van der Waals surface area contributed by atoms with Crippen molar-refractivity contribution in [2.75, 3.05) is 13.6 Å². The average Bonchev–Trinajstić information content (AvgIpc) is 2.41. The van der Waals surface area contributed by atoms with Crippen LogP contribution < -0.4 is 0 Å². The fourth-order valence-electron chi connectivity index (χ4n) is 1.92. The van der Waals surface area contributed by atoms with Crippen LogP contribution in [-0.2, 0) is 15.9 Å². The summed E-state index contributed by atoms with van der Waals surface area (Å²) in [7, 11) is -1.83. The Morgan fingerprint density at radius 3 is 2.50 bits per heavy atom. The van der Waals surface area contributed by atoms with Crippen molar-refractivity contribution in [1.82, 2.24) is 4.31 Å². The molecular weight excluding hydrogens is 362 g/mol. The Morgan fingerprint density at radius 1 is 1.30 bits per heavy atom. The maximum absolute atomic E-state index is 12.6. The van der Waals surface area contributed by atoms with Crippen molar-refractivity contribution in [2.45, 2.75) is 43.9 Å². The van der Waals surface area contributed by atoms with Gasteiger partial charge in [-0.05, 0) is 36.6 Å². The molecule has 3 nitrogen and oxygen atoms in total. The van der Waals surface area contributed by atoms with Crippen molar-refractivity contribution in [2.24, 2.45) is 0 Å². The molecule has 0 amide bonds. The lowest BCUT2D eigenvalue weighted by Crippen LogP contribution is -2.28. The molecule has 0 N–H and O–H groups in total. The lowest BCUT2D eigenvalue weighted by molar-refractivity contribution is 0.454. The van der Waals surface area contributed by atoms with Crippen LogP contribution in [0.2, 0.25) is 0 Å². The molecule has 0 atom stereocenters. The molecule has 20 heavy (non-hydrogen) atoms. The maximum atomic E-state index is 12.6. The molecule has 0 aliphatic carbocycles. The van der Waals surface area contributed by atoms with Crippen LogP contribution in [0.4, 0.5) is 0 Å². The third kappa shape index (κ3) is 4.20. The quantitative estimate of drug-likeness (QED) is 0.520. The summed E-state index contributed by atoms with van der Waals surface area (Å²) in [6.07, 6.45) is 2.98. The average molecular weight is 383 g/mol. The lowest BCUT2D eigenvalue weighted by Gasteiger charge is -2.19. The summed E-state index contributed by atoms with van der Waals surface area (Å²) in [6.45, 7) is 4.44. The zero-order chi connectivity index (χ0) is 15.3. The summed E-state index contributed by atoms with van der Waals surface area (Å²) < 4.78 is 27.5. The van der Waals surface area contributed by atoms with E-state index in [4.69, 9.17) is 11.6 Å². The smallest absolute Gasteiger partial charge is 0.207 e. The van der Waals surface area contributed by atoms with E-state index in [1.807, 2.05) is 6.07 Å². The number of sulfonamides is 1. The van der Waals surface area contributed by atoms with Gasteiger partial charge in [-0.2, -0.15) is 0 Å². The fraction of sp³-hybridized carbons (Fsp3) is 0.571. The minimum atomic E-state index is -3.46. The zero-order valence-electron chi connectivity index (χ0n) is 12.1. The Kier molecular flexibility index (Phi) is 6.98. The Bertz CT molecular complexity index is 561. The van der Waals surface area contributed by atoms with E-state index in [1.165, 1.54) is 4.31 Å². The van der Waals surface area contributed by atoms with Gasteiger partial charge in [0.15, 0.2) is 0 Å². The molecule has 0 bridgehead atoms. The second-order valence-electron chi connectivity index (χ2n) is 4.87. The molecule has 114 valence electrons. The molecule has 0 heterocycles. The van der Waals surface area contributed by atoms with Gasteiger partial charge in [0.2, 0.25) is 10.0 Å².